The fourth-order valence-corrected chi connectivity index (χ4v) is 5.53. The summed E-state index contributed by atoms with van der Waals surface area (Å²) >= 11 is 0. The number of nitrogens with zero attached hydrogens (tertiary/aromatic N) is 2. The second kappa shape index (κ2) is 7.08. The van der Waals surface area contributed by atoms with Crippen molar-refractivity contribution in [1.29, 1.82) is 0 Å². The second-order valence-corrected chi connectivity index (χ2v) is 9.06. The van der Waals surface area contributed by atoms with Gasteiger partial charge in [-0.3, -0.25) is 14.4 Å². The van der Waals surface area contributed by atoms with Crippen LogP contribution in [0.1, 0.15) is 45.4 Å². The van der Waals surface area contributed by atoms with E-state index in [0.717, 1.165) is 31.6 Å². The molecule has 1 aliphatic carbocycles. The Bertz CT molecular complexity index is 630. The van der Waals surface area contributed by atoms with Crippen LogP contribution >= 0.6 is 0 Å². The highest BCUT2D eigenvalue weighted by atomic mass is 16.5. The van der Waals surface area contributed by atoms with Crippen molar-refractivity contribution in [2.75, 3.05) is 32.8 Å². The van der Waals surface area contributed by atoms with Crippen LogP contribution in [0.2, 0.25) is 0 Å². The number of carbonyl (C=O) groups is 3. The maximum atomic E-state index is 13.1. The Balaban J connectivity index is 1.42. The third-order valence-corrected chi connectivity index (χ3v) is 7.38. The monoisotopic (exact) mass is 378 g/mol. The molecular weight excluding hydrogens is 348 g/mol. The predicted octanol–water partition coefficient (Wildman–Crippen LogP) is 1.36. The fraction of sp³-hybridized carbons (Fsp3) is 0.850. The molecule has 1 N–H and O–H groups in total. The molecule has 2 amide bonds. The molecule has 150 valence electrons. The lowest BCUT2D eigenvalue weighted by atomic mass is 9.74. The van der Waals surface area contributed by atoms with Gasteiger partial charge in [0.05, 0.1) is 17.9 Å². The van der Waals surface area contributed by atoms with Crippen LogP contribution in [0.25, 0.3) is 0 Å². The highest BCUT2D eigenvalue weighted by Gasteiger charge is 2.56. The predicted molar refractivity (Wildman–Crippen MR) is 96.8 cm³/mol. The van der Waals surface area contributed by atoms with Gasteiger partial charge in [0, 0.05) is 44.6 Å². The van der Waals surface area contributed by atoms with Gasteiger partial charge in [-0.2, -0.15) is 0 Å². The van der Waals surface area contributed by atoms with E-state index in [0.29, 0.717) is 32.7 Å². The molecule has 3 heterocycles. The summed E-state index contributed by atoms with van der Waals surface area (Å²) < 4.78 is 5.47. The molecule has 0 aromatic rings. The number of amides is 2. The molecule has 7 heteroatoms. The van der Waals surface area contributed by atoms with Gasteiger partial charge in [-0.1, -0.05) is 6.92 Å². The molecule has 3 aliphatic heterocycles. The van der Waals surface area contributed by atoms with Crippen LogP contribution in [-0.4, -0.2) is 71.6 Å². The van der Waals surface area contributed by atoms with E-state index in [1.54, 1.807) is 4.90 Å². The van der Waals surface area contributed by atoms with E-state index in [-0.39, 0.29) is 42.7 Å². The van der Waals surface area contributed by atoms with Gasteiger partial charge >= 0.3 is 5.97 Å². The molecule has 0 aromatic carbocycles. The first-order chi connectivity index (χ1) is 12.9. The molecule has 4 aliphatic rings. The van der Waals surface area contributed by atoms with Crippen LogP contribution in [0, 0.1) is 23.2 Å². The molecule has 0 bridgehead atoms. The summed E-state index contributed by atoms with van der Waals surface area (Å²) in [5.74, 6) is -0.555. The normalized spacial score (nSPS) is 39.5. The number of aliphatic carboxylic acids is 1. The zero-order valence-corrected chi connectivity index (χ0v) is 16.1. The Labute approximate surface area is 160 Å². The summed E-state index contributed by atoms with van der Waals surface area (Å²) in [7, 11) is 0. The van der Waals surface area contributed by atoms with Crippen molar-refractivity contribution in [1.82, 2.24) is 9.80 Å². The fourth-order valence-electron chi connectivity index (χ4n) is 5.53. The van der Waals surface area contributed by atoms with E-state index < -0.39 is 11.4 Å². The minimum Gasteiger partial charge on any atom is -0.481 e. The minimum atomic E-state index is -0.879. The molecule has 3 saturated heterocycles. The van der Waals surface area contributed by atoms with E-state index in [4.69, 9.17) is 4.74 Å². The van der Waals surface area contributed by atoms with Crippen molar-refractivity contribution < 1.29 is 24.2 Å². The second-order valence-electron chi connectivity index (χ2n) is 9.06. The van der Waals surface area contributed by atoms with Crippen molar-refractivity contribution in [3.8, 4) is 0 Å². The molecule has 4 rings (SSSR count). The summed E-state index contributed by atoms with van der Waals surface area (Å²) in [4.78, 5) is 41.2. The molecular formula is C20H30N2O5. The first kappa shape index (κ1) is 18.7. The lowest BCUT2D eigenvalue weighted by Crippen LogP contribution is -2.45. The van der Waals surface area contributed by atoms with E-state index in [9.17, 15) is 19.5 Å². The Hall–Kier alpha value is -1.63. The summed E-state index contributed by atoms with van der Waals surface area (Å²) in [5, 5.41) is 9.78. The number of carboxylic acid groups (broad SMARTS) is 1. The lowest BCUT2D eigenvalue weighted by molar-refractivity contribution is -0.157. The van der Waals surface area contributed by atoms with Gasteiger partial charge in [0.15, 0.2) is 0 Å². The number of carboxylic acids is 1. The summed E-state index contributed by atoms with van der Waals surface area (Å²) in [6.07, 6.45) is 5.05. The number of hydrogen-bond acceptors (Lipinski definition) is 4. The van der Waals surface area contributed by atoms with Gasteiger partial charge in [0.25, 0.3) is 0 Å². The largest absolute Gasteiger partial charge is 0.481 e. The Kier molecular flexibility index (Phi) is 4.91. The molecule has 4 fully saturated rings. The van der Waals surface area contributed by atoms with Crippen LogP contribution < -0.4 is 0 Å². The average molecular weight is 378 g/mol. The van der Waals surface area contributed by atoms with Crippen molar-refractivity contribution in [2.45, 2.75) is 51.5 Å². The van der Waals surface area contributed by atoms with Gasteiger partial charge < -0.3 is 19.6 Å². The molecule has 7 nitrogen and oxygen atoms in total. The zero-order chi connectivity index (χ0) is 19.2. The molecule has 3 atom stereocenters. The van der Waals surface area contributed by atoms with E-state index >= 15 is 0 Å². The highest BCUT2D eigenvalue weighted by molar-refractivity contribution is 5.90. The van der Waals surface area contributed by atoms with Crippen LogP contribution in [0.15, 0.2) is 0 Å². The van der Waals surface area contributed by atoms with E-state index in [2.05, 4.69) is 6.92 Å². The van der Waals surface area contributed by atoms with E-state index in [1.807, 2.05) is 4.90 Å². The number of hydrogen-bond donors (Lipinski definition) is 1. The third kappa shape index (κ3) is 3.24. The van der Waals surface area contributed by atoms with Gasteiger partial charge in [-0.15, -0.1) is 0 Å². The number of ether oxygens (including phenoxy) is 1. The van der Waals surface area contributed by atoms with Crippen LogP contribution in [0.3, 0.4) is 0 Å². The molecule has 0 radical (unpaired) electrons. The average Bonchev–Trinajstić information content (AvgIpc) is 3.23. The van der Waals surface area contributed by atoms with Crippen LogP contribution in [-0.2, 0) is 19.1 Å². The molecule has 0 aromatic heterocycles. The number of likely N-dealkylation sites (tertiary alicyclic amines) is 2. The van der Waals surface area contributed by atoms with Crippen LogP contribution in [0.5, 0.6) is 0 Å². The number of fused-ring (bicyclic) bond motifs is 1. The maximum Gasteiger partial charge on any atom is 0.311 e. The molecule has 1 unspecified atom stereocenters. The van der Waals surface area contributed by atoms with Crippen molar-refractivity contribution in [2.24, 2.45) is 23.2 Å². The smallest absolute Gasteiger partial charge is 0.311 e. The van der Waals surface area contributed by atoms with Crippen molar-refractivity contribution in [3.05, 3.63) is 0 Å². The van der Waals surface area contributed by atoms with Gasteiger partial charge in [-0.05, 0) is 38.0 Å². The summed E-state index contributed by atoms with van der Waals surface area (Å²) in [5.41, 5.74) is -0.879. The summed E-state index contributed by atoms with van der Waals surface area (Å²) in [6.45, 7) is 4.25. The third-order valence-electron chi connectivity index (χ3n) is 7.38. The van der Waals surface area contributed by atoms with Crippen molar-refractivity contribution >= 4 is 17.8 Å². The molecule has 1 saturated carbocycles. The SMILES string of the molecule is CC1CCC(N2CC(C(=O)N3C[C@H]4COCC[C@@]4(C(=O)O)C3)CC2=O)CC1. The topological polar surface area (TPSA) is 87.2 Å². The van der Waals surface area contributed by atoms with Crippen LogP contribution in [0.4, 0.5) is 0 Å². The summed E-state index contributed by atoms with van der Waals surface area (Å²) in [6, 6.07) is 0.270. The Morgan fingerprint density at radius 3 is 2.59 bits per heavy atom. The first-order valence-electron chi connectivity index (χ1n) is 10.3. The van der Waals surface area contributed by atoms with E-state index in [1.165, 1.54) is 0 Å². The lowest BCUT2D eigenvalue weighted by Gasteiger charge is -2.34. The standard InChI is InChI=1S/C20H30N2O5/c1-13-2-4-16(5-3-13)22-9-14(8-17(22)23)18(24)21-10-15-11-27-7-6-20(15,12-21)19(25)26/h13-16H,2-12H2,1H3,(H,25,26)/t13?,14?,15-,16?,20+/m0/s1. The molecule has 27 heavy (non-hydrogen) atoms. The first-order valence-corrected chi connectivity index (χ1v) is 10.3. The van der Waals surface area contributed by atoms with Gasteiger partial charge in [0.1, 0.15) is 0 Å². The van der Waals surface area contributed by atoms with Gasteiger partial charge in [0.2, 0.25) is 11.8 Å². The zero-order valence-electron chi connectivity index (χ0n) is 16.1. The maximum absolute atomic E-state index is 13.1. The van der Waals surface area contributed by atoms with Crippen molar-refractivity contribution in [3.63, 3.8) is 0 Å². The minimum absolute atomic E-state index is 0.0509. The molecule has 0 spiro atoms. The quantitative estimate of drug-likeness (QED) is 0.801. The Morgan fingerprint density at radius 2 is 1.93 bits per heavy atom. The number of rotatable bonds is 3. The van der Waals surface area contributed by atoms with Gasteiger partial charge in [-0.25, -0.2) is 0 Å². The Morgan fingerprint density at radius 1 is 1.19 bits per heavy atom. The number of carbonyl (C=O) groups excluding carboxylic acids is 2. The highest BCUT2D eigenvalue weighted by Crippen LogP contribution is 2.43.